The molecule has 5 aromatic rings. The number of aliphatic hydroxyl groups is 2. The highest BCUT2D eigenvalue weighted by atomic mass is 32.2. The van der Waals surface area contributed by atoms with Crippen LogP contribution in [0.4, 0.5) is 0 Å². The Balaban J connectivity index is 1.20. The van der Waals surface area contributed by atoms with Crippen LogP contribution >= 0.6 is 23.1 Å². The van der Waals surface area contributed by atoms with Crippen molar-refractivity contribution in [1.29, 1.82) is 5.41 Å². The molecule has 50 heteroatoms. The highest BCUT2D eigenvalue weighted by Gasteiger charge is 2.47. The third-order valence-electron chi connectivity index (χ3n) is 25.5. The molecule has 48 nitrogen and oxygen atoms in total. The van der Waals surface area contributed by atoms with E-state index < -0.39 is 272 Å². The average molecular weight is 2060 g/mol. The number of likely N-dealkylation sites (N-methyl/N-ethyl adjacent to an activating group) is 3. The van der Waals surface area contributed by atoms with Crippen LogP contribution in [0.3, 0.4) is 0 Å². The number of unbranched alkanes of at least 4 members (excludes halogenated alkanes) is 2. The van der Waals surface area contributed by atoms with E-state index in [4.69, 9.17) is 33.9 Å². The zero-order valence-electron chi connectivity index (χ0n) is 82.5. The number of benzene rings is 3. The molecule has 5 heterocycles. The van der Waals surface area contributed by atoms with Crippen LogP contribution in [-0.2, 0) is 110 Å². The Labute approximate surface area is 846 Å². The molecule has 2 aromatic heterocycles. The first-order chi connectivity index (χ1) is 69.0. The Bertz CT molecular complexity index is 5510. The third-order valence-corrected chi connectivity index (χ3v) is 27.5. The molecule has 25 N–H and O–H groups in total. The number of nitrogens with zero attached hydrogens (tertiary/aromatic N) is 8. The molecule has 3 aliphatic heterocycles. The standard InChI is InChI=1S/C95H136N26O22S2/c1-9-11-23-71-88(137)109-63(22-17-32-102-95(99)100)85(134)115-70(84(133)105-44-78(127)104-45-79(128)107-62(81(98)130)31-33-106-116-101)49-144-50-80(129)108-65(36-53-27-29-57(123)30-28-53)90(139)117(6)52(5)82(131)110-67(41-77(97)126)92(141)120-34-18-25-72(120)89(138)113-68(42-96)86(135)111-64(35-51(3)4)93(142)121-46-58(124)40-74(121)75(125)39-54(37-55-43-103-61-21-15-13-19-59(55)61)83(132)114-69(47-122)87(136)112-66(38-56-48-145-76-26-16-14-20-60(56)76)91(140)119(8)73(24-12-10-2)94(143)118(71)7/h13-16,19-21,26-30,43,48,51-52,54,58,62-74,103,122-124H,9-12,17-18,22-25,31-42,44-47,49-50,96H2,1-8H3,(H2,97,126)(H2,98,130)(H,104,127)(H,105,133)(H,107,128)(H,108,129)(H,109,137)(H,110,131)(H,111,135)(H,112,136)(H,113,138)(H,114,132)(H,115,134)(H4,99,100,102)/t52-,54+,58+,62-,63-,64-,65-,66-,67-,68-,69-,70-,71-,72-,73-,74-/m0/s1. The Kier molecular flexibility index (Phi) is 45.5. The fraction of sp³-hybridized carbons (Fsp3) is 0.558. The van der Waals surface area contributed by atoms with Crippen molar-refractivity contribution in [2.45, 2.75) is 241 Å². The quantitative estimate of drug-likeness (QED) is 0.00516. The van der Waals surface area contributed by atoms with E-state index in [1.807, 2.05) is 19.9 Å². The molecular formula is C95H136N26O22S2. The number of nitrogens with one attached hydrogen (secondary N) is 14. The summed E-state index contributed by atoms with van der Waals surface area (Å²) in [6, 6.07) is -2.28. The smallest absolute Gasteiger partial charge is 0.246 e. The summed E-state index contributed by atoms with van der Waals surface area (Å²) in [5, 5.41) is 78.0. The number of ketones is 1. The van der Waals surface area contributed by atoms with E-state index >= 15 is 38.4 Å². The number of phenols is 1. The van der Waals surface area contributed by atoms with Gasteiger partial charge in [0.05, 0.1) is 44.0 Å². The Morgan fingerprint density at radius 3 is 1.89 bits per heavy atom. The van der Waals surface area contributed by atoms with E-state index in [0.717, 1.165) is 29.2 Å². The number of Topliss-reactive ketones (excluding diaryl/α,β-unsaturated/α-hetero) is 1. The Morgan fingerprint density at radius 2 is 1.23 bits per heavy atom. The van der Waals surface area contributed by atoms with Crippen LogP contribution in [0.25, 0.3) is 31.4 Å². The number of nitrogens with two attached hydrogens (primary N) is 4. The second-order valence-electron chi connectivity index (χ2n) is 36.7. The van der Waals surface area contributed by atoms with Crippen molar-refractivity contribution in [1.82, 2.24) is 93.3 Å². The number of hydrogen-bond acceptors (Lipinski definition) is 27. The molecule has 145 heavy (non-hydrogen) atoms. The molecule has 3 aliphatic rings. The summed E-state index contributed by atoms with van der Waals surface area (Å²) in [6.45, 7) is 4.08. The van der Waals surface area contributed by atoms with Gasteiger partial charge < -0.3 is 132 Å². The van der Waals surface area contributed by atoms with Gasteiger partial charge >= 0.3 is 0 Å². The third kappa shape index (κ3) is 34.0. The molecule has 0 aliphatic carbocycles. The number of rotatable bonds is 32. The van der Waals surface area contributed by atoms with E-state index in [9.17, 15) is 68.1 Å². The number of amides is 18. The summed E-state index contributed by atoms with van der Waals surface area (Å²) in [5.74, 6) is -21.9. The van der Waals surface area contributed by atoms with Gasteiger partial charge in [0.2, 0.25) is 106 Å². The number of guanidine groups is 1. The first-order valence-corrected chi connectivity index (χ1v) is 50.3. The maximum Gasteiger partial charge on any atom is 0.246 e. The fourth-order valence-corrected chi connectivity index (χ4v) is 19.2. The molecule has 3 aromatic carbocycles. The van der Waals surface area contributed by atoms with Crippen molar-refractivity contribution < 1.29 is 106 Å². The molecule has 0 bridgehead atoms. The molecule has 0 spiro atoms. The van der Waals surface area contributed by atoms with Crippen LogP contribution in [0.1, 0.15) is 148 Å². The molecule has 3 fully saturated rings. The van der Waals surface area contributed by atoms with Gasteiger partial charge in [0.1, 0.15) is 84.3 Å². The van der Waals surface area contributed by atoms with Gasteiger partial charge in [-0.05, 0) is 128 Å². The second-order valence-corrected chi connectivity index (χ2v) is 38.7. The first kappa shape index (κ1) is 116. The number of primary amides is 2. The number of azide groups is 1. The van der Waals surface area contributed by atoms with E-state index in [2.05, 4.69) is 78.8 Å². The van der Waals surface area contributed by atoms with Crippen molar-refractivity contribution in [2.75, 3.05) is 85.1 Å². The van der Waals surface area contributed by atoms with Crippen LogP contribution in [0.15, 0.2) is 89.5 Å². The normalized spacial score (nSPS) is 24.0. The highest BCUT2D eigenvalue weighted by molar-refractivity contribution is 8.00. The monoisotopic (exact) mass is 2060 g/mol. The Hall–Kier alpha value is -14.1. The van der Waals surface area contributed by atoms with E-state index in [0.29, 0.717) is 64.0 Å². The van der Waals surface area contributed by atoms with Crippen molar-refractivity contribution in [2.24, 2.45) is 39.9 Å². The predicted molar refractivity (Wildman–Crippen MR) is 535 cm³/mol. The van der Waals surface area contributed by atoms with Gasteiger partial charge in [-0.25, -0.2) is 0 Å². The zero-order valence-corrected chi connectivity index (χ0v) is 84.1. The SMILES string of the molecule is CCCC[C@H]1C(=O)N(C)[C@@H](CCCC)C(=O)N[C@@H](CCCNC(=N)N)C(=O)N[C@H](C(=O)NCC(=O)NCC(=O)N[C@@H](CCN=[N+]=[N-])C(N)=O)CSCC(=O)N[C@@H](Cc2ccc(O)cc2)C(=O)N(C)[C@@H](C)C(=O)N[C@@H](CC(N)=O)C(=O)N2CCC[C@H]2C(=O)N[C@@H](CN)C(=O)N[C@@H](CC(C)C)C(=O)N2C[C@H](O)C[C@H]2C(=O)C[C@@H](Cc2c[nH]c3ccccc23)C(=O)N[C@@H](CO)C(=O)N[C@@H](Cc2csc3ccccc23)C(=O)N1C. The van der Waals surface area contributed by atoms with Crippen molar-refractivity contribution in [3.8, 4) is 5.75 Å². The molecule has 790 valence electrons. The van der Waals surface area contributed by atoms with Crippen LogP contribution in [0.5, 0.6) is 5.75 Å². The van der Waals surface area contributed by atoms with Crippen molar-refractivity contribution >= 4 is 162 Å². The lowest BCUT2D eigenvalue weighted by Crippen LogP contribution is -2.61. The number of phenolic OH excluding ortho intramolecular Hbond substituents is 1. The lowest BCUT2D eigenvalue weighted by molar-refractivity contribution is -0.149. The summed E-state index contributed by atoms with van der Waals surface area (Å²) < 4.78 is 0.796. The second kappa shape index (κ2) is 56.8. The lowest BCUT2D eigenvalue weighted by Gasteiger charge is -2.36. The van der Waals surface area contributed by atoms with Crippen molar-refractivity contribution in [3.63, 3.8) is 0 Å². The number of aromatic nitrogens is 1. The molecule has 0 saturated carbocycles. The van der Waals surface area contributed by atoms with Crippen LogP contribution in [0, 0.1) is 17.2 Å². The molecule has 3 saturated heterocycles. The number of hydrogen-bond donors (Lipinski definition) is 21. The molecule has 0 radical (unpaired) electrons. The van der Waals surface area contributed by atoms with Crippen LogP contribution in [-0.4, -0.2) is 339 Å². The van der Waals surface area contributed by atoms with Gasteiger partial charge in [-0.15, -0.1) is 23.1 Å². The number of fused-ring (bicyclic) bond motifs is 4. The Morgan fingerprint density at radius 1 is 0.621 bits per heavy atom. The summed E-state index contributed by atoms with van der Waals surface area (Å²) in [7, 11) is 3.84. The van der Waals surface area contributed by atoms with Gasteiger partial charge in [-0.1, -0.05) is 107 Å². The molecule has 16 atom stereocenters. The van der Waals surface area contributed by atoms with E-state index in [1.54, 1.807) is 67.9 Å². The number of aliphatic hydroxyl groups excluding tert-OH is 2. The predicted octanol–water partition coefficient (Wildman–Crippen LogP) is -2.81. The molecule has 18 amide bonds. The van der Waals surface area contributed by atoms with Gasteiger partial charge in [0.15, 0.2) is 11.7 Å². The maximum atomic E-state index is 15.8. The first-order valence-electron chi connectivity index (χ1n) is 48.2. The van der Waals surface area contributed by atoms with E-state index in [-0.39, 0.29) is 115 Å². The summed E-state index contributed by atoms with van der Waals surface area (Å²) >= 11 is 2.02. The maximum absolute atomic E-state index is 15.8. The molecule has 0 unspecified atom stereocenters. The summed E-state index contributed by atoms with van der Waals surface area (Å²) in [6.07, 6.45) is -1.46. The van der Waals surface area contributed by atoms with Crippen LogP contribution < -0.4 is 86.7 Å². The number of H-pyrrole nitrogens is 1. The minimum absolute atomic E-state index is 0.0302. The number of carbonyl (C=O) groups excluding carboxylic acids is 19. The number of aromatic hydroxyl groups is 1. The van der Waals surface area contributed by atoms with Gasteiger partial charge in [-0.3, -0.25) is 96.5 Å². The minimum atomic E-state index is -1.87. The fourth-order valence-electron chi connectivity index (χ4n) is 17.4. The molecule has 8 rings (SSSR count). The number of thiophene rings is 1. The number of para-hydroxylation sites is 1. The number of aromatic amines is 1. The topological polar surface area (TPSA) is 738 Å². The van der Waals surface area contributed by atoms with Gasteiger partial charge in [0, 0.05) is 118 Å². The number of thioether (sulfide) groups is 1. The van der Waals surface area contributed by atoms with Gasteiger partial charge in [0.25, 0.3) is 0 Å². The van der Waals surface area contributed by atoms with Gasteiger partial charge in [-0.2, -0.15) is 0 Å². The van der Waals surface area contributed by atoms with E-state index in [1.165, 1.54) is 63.7 Å². The zero-order chi connectivity index (χ0) is 107. The van der Waals surface area contributed by atoms with Crippen molar-refractivity contribution in [3.05, 3.63) is 112 Å². The lowest BCUT2D eigenvalue weighted by atomic mass is 9.90. The average Bonchev–Trinajstić information content (AvgIpc) is 1.60. The number of carbonyl (C=O) groups is 19. The largest absolute Gasteiger partial charge is 0.508 e. The van der Waals surface area contributed by atoms with Crippen LogP contribution in [0.2, 0.25) is 0 Å². The summed E-state index contributed by atoms with van der Waals surface area (Å²) in [4.78, 5) is 289. The minimum Gasteiger partial charge on any atom is -0.508 e. The summed E-state index contributed by atoms with van der Waals surface area (Å²) in [5.41, 5.74) is 33.8. The molecular weight excluding hydrogens is 1920 g/mol. The highest BCUT2D eigenvalue weighted by Crippen LogP contribution is 2.32.